The number of esters is 1. The quantitative estimate of drug-likeness (QED) is 0.773. The molecular weight excluding hydrogens is 338 g/mol. The first-order valence-electron chi connectivity index (χ1n) is 8.85. The van der Waals surface area contributed by atoms with Crippen molar-refractivity contribution in [3.8, 4) is 0 Å². The highest BCUT2D eigenvalue weighted by Gasteiger charge is 2.56. The number of hydrogen-bond acceptors (Lipinski definition) is 8. The third kappa shape index (κ3) is 2.38. The minimum absolute atomic E-state index is 0.0971. The van der Waals surface area contributed by atoms with Crippen LogP contribution in [0, 0.1) is 17.8 Å². The third-order valence-corrected chi connectivity index (χ3v) is 6.85. The lowest BCUT2D eigenvalue weighted by atomic mass is 10.1. The fourth-order valence-corrected chi connectivity index (χ4v) is 5.03. The number of thiazole rings is 1. The molecule has 4 atom stereocenters. The Morgan fingerprint density at radius 1 is 1.36 bits per heavy atom. The first-order valence-corrected chi connectivity index (χ1v) is 9.73. The molecule has 4 heterocycles. The fraction of sp³-hybridized carbons (Fsp3) is 0.647. The Balaban J connectivity index is 1.37. The molecule has 0 spiro atoms. The molecule has 25 heavy (non-hydrogen) atoms. The van der Waals surface area contributed by atoms with Gasteiger partial charge in [0, 0.05) is 32.1 Å². The zero-order chi connectivity index (χ0) is 17.1. The predicted octanol–water partition coefficient (Wildman–Crippen LogP) is 1.93. The Kier molecular flexibility index (Phi) is 3.38. The van der Waals surface area contributed by atoms with Gasteiger partial charge in [0.25, 0.3) is 0 Å². The van der Waals surface area contributed by atoms with E-state index < -0.39 is 0 Å². The number of carbonyl (C=O) groups is 1. The summed E-state index contributed by atoms with van der Waals surface area (Å²) in [6.07, 6.45) is 1.75. The molecule has 5 rings (SSSR count). The number of piperidine rings is 1. The van der Waals surface area contributed by atoms with Crippen molar-refractivity contribution >= 4 is 39.4 Å². The van der Waals surface area contributed by atoms with E-state index in [9.17, 15) is 4.79 Å². The Morgan fingerprint density at radius 3 is 2.80 bits per heavy atom. The van der Waals surface area contributed by atoms with Gasteiger partial charge in [-0.25, -0.2) is 4.98 Å². The van der Waals surface area contributed by atoms with Crippen LogP contribution < -0.4 is 9.80 Å². The molecule has 0 unspecified atom stereocenters. The Labute approximate surface area is 150 Å². The smallest absolute Gasteiger partial charge is 0.305 e. The van der Waals surface area contributed by atoms with E-state index in [2.05, 4.69) is 21.7 Å². The predicted molar refractivity (Wildman–Crippen MR) is 96.0 cm³/mol. The maximum atomic E-state index is 11.5. The Morgan fingerprint density at radius 2 is 2.16 bits per heavy atom. The van der Waals surface area contributed by atoms with Gasteiger partial charge in [0.1, 0.15) is 4.70 Å². The summed E-state index contributed by atoms with van der Waals surface area (Å²) in [5, 5.41) is 0. The van der Waals surface area contributed by atoms with Gasteiger partial charge < -0.3 is 14.5 Å². The van der Waals surface area contributed by atoms with Crippen molar-refractivity contribution in [1.82, 2.24) is 15.0 Å². The van der Waals surface area contributed by atoms with Crippen LogP contribution in [0.2, 0.25) is 0 Å². The van der Waals surface area contributed by atoms with Crippen molar-refractivity contribution in [1.29, 1.82) is 0 Å². The van der Waals surface area contributed by atoms with Gasteiger partial charge in [-0.1, -0.05) is 0 Å². The maximum absolute atomic E-state index is 11.5. The van der Waals surface area contributed by atoms with Crippen LogP contribution in [0.1, 0.15) is 19.8 Å². The van der Waals surface area contributed by atoms with E-state index in [1.165, 1.54) is 13.5 Å². The molecule has 0 N–H and O–H groups in total. The summed E-state index contributed by atoms with van der Waals surface area (Å²) in [6.45, 7) is 5.14. The van der Waals surface area contributed by atoms with Crippen molar-refractivity contribution in [2.75, 3.05) is 36.5 Å². The number of rotatable bonds is 4. The number of hydrogen-bond donors (Lipinski definition) is 0. The highest BCUT2D eigenvalue weighted by Crippen LogP contribution is 2.54. The Hall–Kier alpha value is -1.96. The second kappa shape index (κ2) is 5.52. The van der Waals surface area contributed by atoms with E-state index in [1.54, 1.807) is 11.3 Å². The van der Waals surface area contributed by atoms with E-state index in [1.807, 2.05) is 5.51 Å². The number of carbonyl (C=O) groups excluding carboxylic acids is 1. The highest BCUT2D eigenvalue weighted by atomic mass is 32.1. The van der Waals surface area contributed by atoms with Crippen LogP contribution in [0.4, 0.5) is 11.8 Å². The molecule has 2 aromatic heterocycles. The van der Waals surface area contributed by atoms with E-state index in [0.29, 0.717) is 30.2 Å². The van der Waals surface area contributed by atoms with E-state index >= 15 is 0 Å². The number of anilines is 2. The molecule has 2 aromatic rings. The second-order valence-electron chi connectivity index (χ2n) is 7.36. The van der Waals surface area contributed by atoms with Crippen LogP contribution in [-0.4, -0.2) is 53.7 Å². The fourth-order valence-electron chi connectivity index (χ4n) is 4.30. The molecule has 7 nitrogen and oxygen atoms in total. The van der Waals surface area contributed by atoms with Gasteiger partial charge in [0.05, 0.1) is 12.6 Å². The standard InChI is InChI=1S/C17H21N5O2S/c1-9-3-4-22(9)16-14-15(18-8-25-14)19-17(20-16)21-6-11-10(12(11)7-21)5-13(23)24-2/h8-12H,3-7H2,1-2H3/t9-,10-,11-,12+/m0/s1. The van der Waals surface area contributed by atoms with Gasteiger partial charge in [-0.3, -0.25) is 4.79 Å². The summed E-state index contributed by atoms with van der Waals surface area (Å²) in [6, 6.07) is 0.532. The van der Waals surface area contributed by atoms with Crippen LogP contribution in [0.5, 0.6) is 0 Å². The monoisotopic (exact) mass is 359 g/mol. The molecule has 0 radical (unpaired) electrons. The van der Waals surface area contributed by atoms with Gasteiger partial charge in [0.2, 0.25) is 5.95 Å². The van der Waals surface area contributed by atoms with Crippen LogP contribution in [0.3, 0.4) is 0 Å². The minimum atomic E-state index is -0.0971. The summed E-state index contributed by atoms with van der Waals surface area (Å²) in [4.78, 5) is 30.1. The Bertz CT molecular complexity index is 828. The molecular formula is C17H21N5O2S. The van der Waals surface area contributed by atoms with Gasteiger partial charge in [-0.05, 0) is 31.1 Å². The van der Waals surface area contributed by atoms with E-state index in [0.717, 1.165) is 41.7 Å². The SMILES string of the molecule is COC(=O)C[C@@H]1[C@H]2CN(c3nc(N4CC[C@@H]4C)c4scnc4n3)C[C@@H]12. The average Bonchev–Trinajstić information content (AvgIpc) is 3.03. The van der Waals surface area contributed by atoms with E-state index in [-0.39, 0.29) is 5.97 Å². The second-order valence-corrected chi connectivity index (χ2v) is 8.21. The van der Waals surface area contributed by atoms with E-state index in [4.69, 9.17) is 14.7 Å². The molecule has 0 amide bonds. The molecule has 1 aliphatic carbocycles. The largest absolute Gasteiger partial charge is 0.469 e. The van der Waals surface area contributed by atoms with Crippen molar-refractivity contribution in [2.45, 2.75) is 25.8 Å². The van der Waals surface area contributed by atoms with Gasteiger partial charge >= 0.3 is 5.97 Å². The third-order valence-electron chi connectivity index (χ3n) is 6.04. The van der Waals surface area contributed by atoms with Crippen LogP contribution in [0.25, 0.3) is 10.3 Å². The number of methoxy groups -OCH3 is 1. The zero-order valence-corrected chi connectivity index (χ0v) is 15.2. The molecule has 3 aliphatic rings. The lowest BCUT2D eigenvalue weighted by Gasteiger charge is -2.40. The molecule has 0 bridgehead atoms. The van der Waals surface area contributed by atoms with Gasteiger partial charge in [-0.2, -0.15) is 9.97 Å². The summed E-state index contributed by atoms with van der Waals surface area (Å²) in [7, 11) is 1.46. The van der Waals surface area contributed by atoms with Crippen molar-refractivity contribution in [2.24, 2.45) is 17.8 Å². The zero-order valence-electron chi connectivity index (χ0n) is 14.4. The van der Waals surface area contributed by atoms with Crippen molar-refractivity contribution in [3.05, 3.63) is 5.51 Å². The average molecular weight is 359 g/mol. The molecule has 2 aliphatic heterocycles. The van der Waals surface area contributed by atoms with Crippen LogP contribution in [-0.2, 0) is 9.53 Å². The van der Waals surface area contributed by atoms with Gasteiger partial charge in [0.15, 0.2) is 11.5 Å². The topological polar surface area (TPSA) is 71.5 Å². The van der Waals surface area contributed by atoms with Gasteiger partial charge in [-0.15, -0.1) is 11.3 Å². The summed E-state index contributed by atoms with van der Waals surface area (Å²) in [5.74, 6) is 3.34. The number of fused-ring (bicyclic) bond motifs is 2. The molecule has 0 aromatic carbocycles. The number of aromatic nitrogens is 3. The molecule has 132 valence electrons. The molecule has 8 heteroatoms. The summed E-state index contributed by atoms with van der Waals surface area (Å²) < 4.78 is 5.88. The van der Waals surface area contributed by atoms with Crippen LogP contribution >= 0.6 is 11.3 Å². The highest BCUT2D eigenvalue weighted by molar-refractivity contribution is 7.17. The lowest BCUT2D eigenvalue weighted by Crippen LogP contribution is -2.46. The van der Waals surface area contributed by atoms with Crippen molar-refractivity contribution in [3.63, 3.8) is 0 Å². The molecule has 2 saturated heterocycles. The summed E-state index contributed by atoms with van der Waals surface area (Å²) in [5.41, 5.74) is 2.65. The number of ether oxygens (including phenoxy) is 1. The first-order chi connectivity index (χ1) is 12.2. The lowest BCUT2D eigenvalue weighted by molar-refractivity contribution is -0.141. The molecule has 1 saturated carbocycles. The minimum Gasteiger partial charge on any atom is -0.469 e. The van der Waals surface area contributed by atoms with Crippen molar-refractivity contribution < 1.29 is 9.53 Å². The number of nitrogens with zero attached hydrogens (tertiary/aromatic N) is 5. The normalized spacial score (nSPS) is 30.3. The maximum Gasteiger partial charge on any atom is 0.305 e. The molecule has 3 fully saturated rings. The first kappa shape index (κ1) is 15.3. The summed E-state index contributed by atoms with van der Waals surface area (Å²) >= 11 is 1.62. The van der Waals surface area contributed by atoms with Crippen LogP contribution in [0.15, 0.2) is 5.51 Å².